The van der Waals surface area contributed by atoms with Crippen molar-refractivity contribution in [2.45, 2.75) is 103 Å². The van der Waals surface area contributed by atoms with E-state index in [2.05, 4.69) is 31.7 Å². The van der Waals surface area contributed by atoms with Crippen LogP contribution in [0.3, 0.4) is 0 Å². The lowest BCUT2D eigenvalue weighted by Crippen LogP contribution is -2.27. The second-order valence-corrected chi connectivity index (χ2v) is 9.65. The van der Waals surface area contributed by atoms with Crippen LogP contribution in [0.15, 0.2) is 30.4 Å². The fourth-order valence-electron chi connectivity index (χ4n) is 4.11. The molecule has 1 aromatic rings. The third-order valence-corrected chi connectivity index (χ3v) is 6.47. The molecular formula is C29H50N2O3S. The van der Waals surface area contributed by atoms with Gasteiger partial charge in [-0.1, -0.05) is 95.6 Å². The molecule has 0 aromatic heterocycles. The Morgan fingerprint density at radius 2 is 1.51 bits per heavy atom. The molecule has 200 valence electrons. The minimum absolute atomic E-state index is 0.194. The summed E-state index contributed by atoms with van der Waals surface area (Å²) in [6, 6.07) is 5.74. The Balaban J connectivity index is 2.15. The molecule has 35 heavy (non-hydrogen) atoms. The van der Waals surface area contributed by atoms with Crippen LogP contribution in [0, 0.1) is 0 Å². The highest BCUT2D eigenvalue weighted by molar-refractivity contribution is 7.96. The molecule has 0 saturated carbocycles. The molecule has 0 fully saturated rings. The van der Waals surface area contributed by atoms with Crippen LogP contribution in [0.4, 0.5) is 4.79 Å². The lowest BCUT2D eigenvalue weighted by Gasteiger charge is -2.21. The quantitative estimate of drug-likeness (QED) is 0.0952. The molecule has 0 saturated heterocycles. The third kappa shape index (κ3) is 15.8. The number of ether oxygens (including phenoxy) is 2. The number of benzene rings is 1. The first-order valence-electron chi connectivity index (χ1n) is 13.7. The van der Waals surface area contributed by atoms with Crippen molar-refractivity contribution in [3.05, 3.63) is 35.9 Å². The van der Waals surface area contributed by atoms with Gasteiger partial charge in [0.25, 0.3) is 5.24 Å². The molecule has 0 unspecified atom stereocenters. The van der Waals surface area contributed by atoms with E-state index in [1.807, 2.05) is 18.2 Å². The van der Waals surface area contributed by atoms with Crippen molar-refractivity contribution >= 4 is 17.9 Å². The monoisotopic (exact) mass is 506 g/mol. The normalized spacial score (nSPS) is 11.2. The number of carbonyl (C=O) groups is 1. The summed E-state index contributed by atoms with van der Waals surface area (Å²) in [7, 11) is 1.61. The van der Waals surface area contributed by atoms with Crippen molar-refractivity contribution in [1.82, 2.24) is 4.90 Å². The molecule has 6 heteroatoms. The van der Waals surface area contributed by atoms with Crippen LogP contribution in [0.2, 0.25) is 0 Å². The second kappa shape index (κ2) is 21.6. The number of methoxy groups -OCH3 is 1. The number of thiol groups is 1. The fourth-order valence-corrected chi connectivity index (χ4v) is 4.28. The highest BCUT2D eigenvalue weighted by atomic mass is 32.1. The van der Waals surface area contributed by atoms with Crippen LogP contribution in [0.25, 0.3) is 0 Å². The zero-order valence-corrected chi connectivity index (χ0v) is 23.2. The highest BCUT2D eigenvalue weighted by Gasteiger charge is 2.12. The van der Waals surface area contributed by atoms with Gasteiger partial charge >= 0.3 is 0 Å². The molecular weight excluding hydrogens is 456 g/mol. The fraction of sp³-hybridized carbons (Fsp3) is 0.690. The van der Waals surface area contributed by atoms with Crippen LogP contribution in [-0.4, -0.2) is 36.9 Å². The van der Waals surface area contributed by atoms with E-state index in [1.54, 1.807) is 12.0 Å². The Labute approximate surface area is 220 Å². The highest BCUT2D eigenvalue weighted by Crippen LogP contribution is 2.28. The van der Waals surface area contributed by atoms with Gasteiger partial charge < -0.3 is 20.1 Å². The molecule has 5 nitrogen and oxygen atoms in total. The summed E-state index contributed by atoms with van der Waals surface area (Å²) in [4.78, 5) is 13.8. The summed E-state index contributed by atoms with van der Waals surface area (Å²) in [5, 5.41) is -0.194. The maximum absolute atomic E-state index is 12.0. The number of rotatable bonds is 22. The lowest BCUT2D eigenvalue weighted by atomic mass is 10.1. The number of hydrogen-bond donors (Lipinski definition) is 2. The SMILES string of the molecule is CCCCCCCC/C=C\CCCCCCCCN(Cc1ccc(OCCN)c(OC)c1)C(=O)S. The summed E-state index contributed by atoms with van der Waals surface area (Å²) >= 11 is 4.08. The van der Waals surface area contributed by atoms with Crippen LogP contribution in [-0.2, 0) is 6.54 Å². The predicted octanol–water partition coefficient (Wildman–Crippen LogP) is 7.92. The van der Waals surface area contributed by atoms with E-state index in [4.69, 9.17) is 15.2 Å². The van der Waals surface area contributed by atoms with Crippen molar-refractivity contribution in [1.29, 1.82) is 0 Å². The lowest BCUT2D eigenvalue weighted by molar-refractivity contribution is 0.219. The van der Waals surface area contributed by atoms with Gasteiger partial charge in [-0.25, -0.2) is 0 Å². The van der Waals surface area contributed by atoms with Gasteiger partial charge in [-0.15, -0.1) is 0 Å². The van der Waals surface area contributed by atoms with E-state index in [0.29, 0.717) is 31.2 Å². The summed E-state index contributed by atoms with van der Waals surface area (Å²) < 4.78 is 11.0. The van der Waals surface area contributed by atoms with Crippen molar-refractivity contribution < 1.29 is 14.3 Å². The molecule has 1 rings (SSSR count). The molecule has 0 aliphatic rings. The number of allylic oxidation sites excluding steroid dienone is 2. The second-order valence-electron chi connectivity index (χ2n) is 9.26. The van der Waals surface area contributed by atoms with Crippen molar-refractivity contribution in [3.63, 3.8) is 0 Å². The number of amides is 1. The van der Waals surface area contributed by atoms with E-state index in [0.717, 1.165) is 24.9 Å². The largest absolute Gasteiger partial charge is 0.493 e. The van der Waals surface area contributed by atoms with Crippen LogP contribution in [0.5, 0.6) is 11.5 Å². The number of nitrogens with two attached hydrogens (primary N) is 1. The maximum Gasteiger partial charge on any atom is 0.278 e. The van der Waals surface area contributed by atoms with Crippen LogP contribution < -0.4 is 15.2 Å². The molecule has 0 aliphatic carbocycles. The van der Waals surface area contributed by atoms with E-state index in [9.17, 15) is 4.79 Å². The van der Waals surface area contributed by atoms with Gasteiger partial charge in [0.05, 0.1) is 7.11 Å². The summed E-state index contributed by atoms with van der Waals surface area (Å²) in [5.74, 6) is 1.32. The molecule has 0 aliphatic heterocycles. The number of unbranched alkanes of at least 4 members (excludes halogenated alkanes) is 12. The van der Waals surface area contributed by atoms with Gasteiger partial charge in [0, 0.05) is 19.6 Å². The Hall–Kier alpha value is -1.66. The first-order chi connectivity index (χ1) is 17.1. The molecule has 0 atom stereocenters. The van der Waals surface area contributed by atoms with Crippen molar-refractivity contribution in [3.8, 4) is 11.5 Å². The minimum atomic E-state index is -0.194. The first kappa shape index (κ1) is 31.4. The van der Waals surface area contributed by atoms with Gasteiger partial charge in [-0.05, 0) is 49.8 Å². The molecule has 1 aromatic carbocycles. The zero-order chi connectivity index (χ0) is 25.6. The average molecular weight is 507 g/mol. The van der Waals surface area contributed by atoms with Gasteiger partial charge in [0.15, 0.2) is 11.5 Å². The van der Waals surface area contributed by atoms with Gasteiger partial charge in [0.1, 0.15) is 6.61 Å². The Kier molecular flexibility index (Phi) is 19.4. The average Bonchev–Trinajstić information content (AvgIpc) is 2.86. The van der Waals surface area contributed by atoms with E-state index in [-0.39, 0.29) is 5.24 Å². The van der Waals surface area contributed by atoms with Crippen molar-refractivity contribution in [2.75, 3.05) is 26.8 Å². The summed E-state index contributed by atoms with van der Waals surface area (Å²) in [6.07, 6.45) is 22.6. The summed E-state index contributed by atoms with van der Waals surface area (Å²) in [5.41, 5.74) is 6.50. The van der Waals surface area contributed by atoms with Crippen LogP contribution in [0.1, 0.15) is 102 Å². The molecule has 0 heterocycles. The van der Waals surface area contributed by atoms with Crippen LogP contribution >= 0.6 is 12.6 Å². The van der Waals surface area contributed by atoms with Gasteiger partial charge in [-0.2, -0.15) is 0 Å². The van der Waals surface area contributed by atoms with E-state index in [1.165, 1.54) is 77.0 Å². The third-order valence-electron chi connectivity index (χ3n) is 6.19. The van der Waals surface area contributed by atoms with E-state index < -0.39 is 0 Å². The van der Waals surface area contributed by atoms with Gasteiger partial charge in [-0.3, -0.25) is 4.79 Å². The molecule has 1 amide bonds. The smallest absolute Gasteiger partial charge is 0.278 e. The Morgan fingerprint density at radius 3 is 2.09 bits per heavy atom. The Bertz CT molecular complexity index is 697. The minimum Gasteiger partial charge on any atom is -0.493 e. The first-order valence-corrected chi connectivity index (χ1v) is 14.2. The topological polar surface area (TPSA) is 64.8 Å². The summed E-state index contributed by atoms with van der Waals surface area (Å²) in [6.45, 7) is 4.39. The molecule has 2 N–H and O–H groups in total. The number of nitrogens with zero attached hydrogens (tertiary/aromatic N) is 1. The standard InChI is InChI=1S/C29H50N2O3S/c1-3-4-5-6-7-8-9-10-11-12-13-14-15-16-17-18-22-31(29(32)35)25-26-19-20-27(34-23-21-30)28(24-26)33-2/h10-11,19-20,24H,3-9,12-18,21-23,25,30H2,1-2H3,(H,32,35)/b11-10-. The van der Waals surface area contributed by atoms with Gasteiger partial charge in [0.2, 0.25) is 0 Å². The maximum atomic E-state index is 12.0. The molecule has 0 radical (unpaired) electrons. The zero-order valence-electron chi connectivity index (χ0n) is 22.3. The number of carbonyl (C=O) groups excluding carboxylic acids is 1. The molecule has 0 spiro atoms. The van der Waals surface area contributed by atoms with Crippen molar-refractivity contribution in [2.24, 2.45) is 5.73 Å². The predicted molar refractivity (Wildman–Crippen MR) is 152 cm³/mol. The van der Waals surface area contributed by atoms with E-state index >= 15 is 0 Å². The molecule has 0 bridgehead atoms. The number of hydrogen-bond acceptors (Lipinski definition) is 4. The Morgan fingerprint density at radius 1 is 0.914 bits per heavy atom.